The molecule has 0 spiro atoms. The highest BCUT2D eigenvalue weighted by Gasteiger charge is 2.37. The van der Waals surface area contributed by atoms with Crippen molar-refractivity contribution in [1.82, 2.24) is 15.1 Å². The SMILES string of the molecule is COc1ccc(C(=O)C2CCCN2C(=O)c2n[nH]c3c2CCCC3)cc1C. The van der Waals surface area contributed by atoms with Gasteiger partial charge in [-0.15, -0.1) is 0 Å². The van der Waals surface area contributed by atoms with E-state index in [4.69, 9.17) is 4.74 Å². The smallest absolute Gasteiger partial charge is 0.275 e. The van der Waals surface area contributed by atoms with Crippen LogP contribution in [0.5, 0.6) is 5.75 Å². The summed E-state index contributed by atoms with van der Waals surface area (Å²) in [6, 6.07) is 5.03. The lowest BCUT2D eigenvalue weighted by Crippen LogP contribution is -2.41. The number of nitrogens with zero attached hydrogens (tertiary/aromatic N) is 2. The maximum absolute atomic E-state index is 13.2. The van der Waals surface area contributed by atoms with E-state index in [1.54, 1.807) is 18.1 Å². The second-order valence-corrected chi connectivity index (χ2v) is 7.44. The standard InChI is InChI=1S/C21H25N3O3/c1-13-12-14(9-10-18(13)27-2)20(25)17-8-5-11-24(17)21(26)19-15-6-3-4-7-16(15)22-23-19/h9-10,12,17H,3-8,11H2,1-2H3,(H,22,23). The Hall–Kier alpha value is -2.63. The van der Waals surface area contributed by atoms with Crippen LogP contribution in [-0.2, 0) is 12.8 Å². The Kier molecular flexibility index (Phi) is 4.72. The summed E-state index contributed by atoms with van der Waals surface area (Å²) in [6.45, 7) is 2.52. The second-order valence-electron chi connectivity index (χ2n) is 7.44. The Morgan fingerprint density at radius 3 is 2.81 bits per heavy atom. The summed E-state index contributed by atoms with van der Waals surface area (Å²) in [5.74, 6) is 0.639. The second kappa shape index (κ2) is 7.18. The first-order valence-corrected chi connectivity index (χ1v) is 9.66. The average molecular weight is 367 g/mol. The Morgan fingerprint density at radius 2 is 2.04 bits per heavy atom. The van der Waals surface area contributed by atoms with E-state index >= 15 is 0 Å². The predicted molar refractivity (Wildman–Crippen MR) is 101 cm³/mol. The molecule has 2 aliphatic rings. The fourth-order valence-electron chi connectivity index (χ4n) is 4.30. The monoisotopic (exact) mass is 367 g/mol. The van der Waals surface area contributed by atoms with Crippen molar-refractivity contribution in [2.75, 3.05) is 13.7 Å². The number of aryl methyl sites for hydroxylation is 2. The third-order valence-electron chi connectivity index (χ3n) is 5.75. The molecule has 1 aliphatic heterocycles. The zero-order valence-electron chi connectivity index (χ0n) is 15.9. The van der Waals surface area contributed by atoms with E-state index < -0.39 is 6.04 Å². The molecule has 4 rings (SSSR count). The van der Waals surface area contributed by atoms with Gasteiger partial charge in [0.1, 0.15) is 5.75 Å². The van der Waals surface area contributed by atoms with Crippen LogP contribution in [0.2, 0.25) is 0 Å². The summed E-state index contributed by atoms with van der Waals surface area (Å²) < 4.78 is 5.28. The molecule has 1 aliphatic carbocycles. The van der Waals surface area contributed by atoms with E-state index in [9.17, 15) is 9.59 Å². The van der Waals surface area contributed by atoms with Gasteiger partial charge in [0.2, 0.25) is 0 Å². The number of aromatic amines is 1. The van der Waals surface area contributed by atoms with Gasteiger partial charge in [0.25, 0.3) is 5.91 Å². The molecule has 1 unspecified atom stereocenters. The molecule has 0 bridgehead atoms. The number of carbonyl (C=O) groups is 2. The first-order valence-electron chi connectivity index (χ1n) is 9.66. The van der Waals surface area contributed by atoms with Crippen LogP contribution in [-0.4, -0.2) is 46.5 Å². The summed E-state index contributed by atoms with van der Waals surface area (Å²) >= 11 is 0. The highest BCUT2D eigenvalue weighted by Crippen LogP contribution is 2.28. The van der Waals surface area contributed by atoms with Gasteiger partial charge in [-0.05, 0) is 69.2 Å². The van der Waals surface area contributed by atoms with Crippen molar-refractivity contribution in [3.05, 3.63) is 46.3 Å². The molecular weight excluding hydrogens is 342 g/mol. The largest absolute Gasteiger partial charge is 0.496 e. The normalized spacial score (nSPS) is 19.0. The van der Waals surface area contributed by atoms with Gasteiger partial charge in [-0.2, -0.15) is 5.10 Å². The highest BCUT2D eigenvalue weighted by atomic mass is 16.5. The Morgan fingerprint density at radius 1 is 1.22 bits per heavy atom. The van der Waals surface area contributed by atoms with Crippen LogP contribution >= 0.6 is 0 Å². The predicted octanol–water partition coefficient (Wildman–Crippen LogP) is 3.09. The number of Topliss-reactive ketones (excluding diaryl/α,β-unsaturated/α-hetero) is 1. The summed E-state index contributed by atoms with van der Waals surface area (Å²) in [5, 5.41) is 7.33. The number of rotatable bonds is 4. The van der Waals surface area contributed by atoms with Crippen LogP contribution < -0.4 is 4.74 Å². The Bertz CT molecular complexity index is 887. The van der Waals surface area contributed by atoms with E-state index in [0.29, 0.717) is 24.2 Å². The third kappa shape index (κ3) is 3.13. The number of fused-ring (bicyclic) bond motifs is 1. The maximum atomic E-state index is 13.2. The number of hydrogen-bond donors (Lipinski definition) is 1. The zero-order valence-corrected chi connectivity index (χ0v) is 15.9. The van der Waals surface area contributed by atoms with Gasteiger partial charge >= 0.3 is 0 Å². The lowest BCUT2D eigenvalue weighted by molar-refractivity contribution is 0.0666. The van der Waals surface area contributed by atoms with Gasteiger partial charge in [-0.25, -0.2) is 0 Å². The summed E-state index contributed by atoms with van der Waals surface area (Å²) in [7, 11) is 1.62. The molecule has 6 heteroatoms. The van der Waals surface area contributed by atoms with Crippen molar-refractivity contribution >= 4 is 11.7 Å². The fourth-order valence-corrected chi connectivity index (χ4v) is 4.30. The first-order chi connectivity index (χ1) is 13.1. The molecule has 1 aromatic heterocycles. The topological polar surface area (TPSA) is 75.3 Å². The third-order valence-corrected chi connectivity index (χ3v) is 5.75. The number of methoxy groups -OCH3 is 1. The number of benzene rings is 1. The van der Waals surface area contributed by atoms with Crippen molar-refractivity contribution in [1.29, 1.82) is 0 Å². The number of aromatic nitrogens is 2. The number of ether oxygens (including phenoxy) is 1. The van der Waals surface area contributed by atoms with Crippen LogP contribution in [0.3, 0.4) is 0 Å². The number of hydrogen-bond acceptors (Lipinski definition) is 4. The minimum atomic E-state index is -0.416. The Balaban J connectivity index is 1.58. The van der Waals surface area contributed by atoms with Gasteiger partial charge in [-0.3, -0.25) is 14.7 Å². The Labute approximate surface area is 158 Å². The molecule has 1 atom stereocenters. The molecule has 1 amide bonds. The molecule has 142 valence electrons. The molecule has 27 heavy (non-hydrogen) atoms. The van der Waals surface area contributed by atoms with Crippen molar-refractivity contribution in [2.24, 2.45) is 0 Å². The van der Waals surface area contributed by atoms with E-state index in [1.165, 1.54) is 0 Å². The highest BCUT2D eigenvalue weighted by molar-refractivity contribution is 6.04. The number of amides is 1. The number of likely N-dealkylation sites (tertiary alicyclic amines) is 1. The van der Waals surface area contributed by atoms with Gasteiger partial charge < -0.3 is 9.64 Å². The maximum Gasteiger partial charge on any atom is 0.275 e. The number of nitrogens with one attached hydrogen (secondary N) is 1. The summed E-state index contributed by atoms with van der Waals surface area (Å²) in [6.07, 6.45) is 5.58. The quantitative estimate of drug-likeness (QED) is 0.843. The minimum Gasteiger partial charge on any atom is -0.496 e. The van der Waals surface area contributed by atoms with Crippen LogP contribution in [0, 0.1) is 6.92 Å². The van der Waals surface area contributed by atoms with Crippen LogP contribution in [0.25, 0.3) is 0 Å². The van der Waals surface area contributed by atoms with E-state index in [0.717, 1.165) is 54.7 Å². The first kappa shape index (κ1) is 17.8. The molecule has 1 saturated heterocycles. The van der Waals surface area contributed by atoms with Crippen molar-refractivity contribution in [2.45, 2.75) is 51.5 Å². The molecule has 0 radical (unpaired) electrons. The molecule has 0 saturated carbocycles. The zero-order chi connectivity index (χ0) is 19.0. The van der Waals surface area contributed by atoms with Crippen molar-refractivity contribution in [3.8, 4) is 5.75 Å². The summed E-state index contributed by atoms with van der Waals surface area (Å²) in [5.41, 5.74) is 4.18. The number of H-pyrrole nitrogens is 1. The summed E-state index contributed by atoms with van der Waals surface area (Å²) in [4.78, 5) is 28.0. The lowest BCUT2D eigenvalue weighted by atomic mass is 9.95. The van der Waals surface area contributed by atoms with Crippen LogP contribution in [0.1, 0.15) is 63.4 Å². The molecule has 2 aromatic rings. The molecule has 6 nitrogen and oxygen atoms in total. The molecule has 1 fully saturated rings. The minimum absolute atomic E-state index is 0.00370. The number of ketones is 1. The van der Waals surface area contributed by atoms with Crippen LogP contribution in [0.4, 0.5) is 0 Å². The lowest BCUT2D eigenvalue weighted by Gasteiger charge is -2.24. The molecular formula is C21H25N3O3. The fraction of sp³-hybridized carbons (Fsp3) is 0.476. The van der Waals surface area contributed by atoms with Gasteiger partial charge in [-0.1, -0.05) is 0 Å². The average Bonchev–Trinajstić information content (AvgIpc) is 3.34. The van der Waals surface area contributed by atoms with Crippen molar-refractivity contribution < 1.29 is 14.3 Å². The molecule has 1 N–H and O–H groups in total. The van der Waals surface area contributed by atoms with Gasteiger partial charge in [0.15, 0.2) is 11.5 Å². The van der Waals surface area contributed by atoms with Gasteiger partial charge in [0, 0.05) is 23.4 Å². The van der Waals surface area contributed by atoms with Crippen LogP contribution in [0.15, 0.2) is 18.2 Å². The van der Waals surface area contributed by atoms with Crippen molar-refractivity contribution in [3.63, 3.8) is 0 Å². The molecule has 1 aromatic carbocycles. The van der Waals surface area contributed by atoms with E-state index in [-0.39, 0.29) is 11.7 Å². The van der Waals surface area contributed by atoms with E-state index in [1.807, 2.05) is 19.1 Å². The van der Waals surface area contributed by atoms with E-state index in [2.05, 4.69) is 10.2 Å². The number of carbonyl (C=O) groups excluding carboxylic acids is 2. The molecule has 2 heterocycles. The van der Waals surface area contributed by atoms with Gasteiger partial charge in [0.05, 0.1) is 13.2 Å².